The summed E-state index contributed by atoms with van der Waals surface area (Å²) in [6.45, 7) is 7.61. The van der Waals surface area contributed by atoms with Gasteiger partial charge in [-0.05, 0) is 27.7 Å². The summed E-state index contributed by atoms with van der Waals surface area (Å²) in [5.74, 6) is 0.0638. The Morgan fingerprint density at radius 1 is 1.29 bits per heavy atom. The largest absolute Gasteiger partial charge is 0.289 e. The van der Waals surface area contributed by atoms with E-state index in [9.17, 15) is 4.79 Å². The van der Waals surface area contributed by atoms with Crippen LogP contribution in [0.2, 0.25) is 0 Å². The number of allylic oxidation sites excluding steroid dienone is 4. The van der Waals surface area contributed by atoms with E-state index in [1.165, 1.54) is 0 Å². The number of thiophene rings is 1. The Hall–Kier alpha value is -1.66. The molecule has 0 spiro atoms. The van der Waals surface area contributed by atoms with Crippen molar-refractivity contribution in [3.05, 3.63) is 38.1 Å². The number of aryl methyl sites for hydroxylation is 1. The average molecular weight is 243 g/mol. The first-order valence-electron chi connectivity index (χ1n) is 5.41. The molecule has 1 aliphatic rings. The first-order chi connectivity index (χ1) is 7.99. The molecule has 1 heterocycles. The maximum atomic E-state index is 12.3. The second-order valence-electron chi connectivity index (χ2n) is 4.40. The van der Waals surface area contributed by atoms with Crippen molar-refractivity contribution < 1.29 is 4.79 Å². The molecule has 0 saturated heterocycles. The van der Waals surface area contributed by atoms with Gasteiger partial charge in [-0.3, -0.25) is 4.79 Å². The standard InChI is InChI=1S/C14H13NOS/c1-7(2)11-12(8(3)5-15)13-9(4)17-6-10(13)14(11)16/h6H,1-4H3/b12-8-. The third kappa shape index (κ3) is 1.57. The van der Waals surface area contributed by atoms with Crippen LogP contribution >= 0.6 is 11.3 Å². The third-order valence-corrected chi connectivity index (χ3v) is 3.90. The van der Waals surface area contributed by atoms with Gasteiger partial charge in [0.25, 0.3) is 0 Å². The van der Waals surface area contributed by atoms with E-state index in [-0.39, 0.29) is 5.78 Å². The lowest BCUT2D eigenvalue weighted by Gasteiger charge is -2.05. The highest BCUT2D eigenvalue weighted by Gasteiger charge is 2.34. The highest BCUT2D eigenvalue weighted by Crippen LogP contribution is 2.44. The van der Waals surface area contributed by atoms with Gasteiger partial charge in [0.05, 0.1) is 6.07 Å². The Kier molecular flexibility index (Phi) is 2.76. The van der Waals surface area contributed by atoms with E-state index in [0.29, 0.717) is 11.1 Å². The molecule has 17 heavy (non-hydrogen) atoms. The molecule has 0 aromatic carbocycles. The molecule has 2 nitrogen and oxygen atoms in total. The Morgan fingerprint density at radius 3 is 2.47 bits per heavy atom. The van der Waals surface area contributed by atoms with Gasteiger partial charge >= 0.3 is 0 Å². The number of nitriles is 1. The molecule has 0 saturated carbocycles. The summed E-state index contributed by atoms with van der Waals surface area (Å²) < 4.78 is 0. The number of rotatable bonds is 0. The van der Waals surface area contributed by atoms with E-state index < -0.39 is 0 Å². The maximum Gasteiger partial charge on any atom is 0.195 e. The number of carbonyl (C=O) groups is 1. The smallest absolute Gasteiger partial charge is 0.195 e. The molecule has 1 aromatic heterocycles. The highest BCUT2D eigenvalue weighted by atomic mass is 32.1. The van der Waals surface area contributed by atoms with Crippen LogP contribution < -0.4 is 0 Å². The number of nitrogens with zero attached hydrogens (tertiary/aromatic N) is 1. The molecule has 0 unspecified atom stereocenters. The average Bonchev–Trinajstić information content (AvgIpc) is 2.78. The molecule has 3 heteroatoms. The molecule has 0 N–H and O–H groups in total. The summed E-state index contributed by atoms with van der Waals surface area (Å²) in [6, 6.07) is 2.17. The van der Waals surface area contributed by atoms with Crippen molar-refractivity contribution in [2.75, 3.05) is 0 Å². The zero-order valence-corrected chi connectivity index (χ0v) is 11.2. The van der Waals surface area contributed by atoms with Crippen molar-refractivity contribution >= 4 is 22.7 Å². The summed E-state index contributed by atoms with van der Waals surface area (Å²) in [4.78, 5) is 13.4. The topological polar surface area (TPSA) is 40.9 Å². The van der Waals surface area contributed by atoms with Crippen LogP contribution in [-0.4, -0.2) is 5.78 Å². The maximum absolute atomic E-state index is 12.3. The summed E-state index contributed by atoms with van der Waals surface area (Å²) in [7, 11) is 0. The van der Waals surface area contributed by atoms with Gasteiger partial charge in [0.15, 0.2) is 5.78 Å². The minimum atomic E-state index is 0.0638. The summed E-state index contributed by atoms with van der Waals surface area (Å²) in [6.07, 6.45) is 0. The fourth-order valence-electron chi connectivity index (χ4n) is 2.21. The molecule has 0 fully saturated rings. The van der Waals surface area contributed by atoms with Gasteiger partial charge in [0, 0.05) is 38.1 Å². The Bertz CT molecular complexity index is 619. The number of fused-ring (bicyclic) bond motifs is 1. The number of Topliss-reactive ketones (excluding diaryl/α,β-unsaturated/α-hetero) is 1. The van der Waals surface area contributed by atoms with Crippen LogP contribution in [0, 0.1) is 18.3 Å². The summed E-state index contributed by atoms with van der Waals surface area (Å²) >= 11 is 1.57. The van der Waals surface area contributed by atoms with Crippen LogP contribution in [0.4, 0.5) is 0 Å². The SMILES string of the molecule is CC(C)=C1C(=O)c2csc(C)c2/C1=C(/C)C#N. The Balaban J connectivity index is 2.88. The lowest BCUT2D eigenvalue weighted by Crippen LogP contribution is -1.97. The van der Waals surface area contributed by atoms with Crippen LogP contribution in [0.1, 0.15) is 41.6 Å². The van der Waals surface area contributed by atoms with E-state index in [2.05, 4.69) is 6.07 Å². The minimum absolute atomic E-state index is 0.0638. The van der Waals surface area contributed by atoms with Crippen molar-refractivity contribution in [2.24, 2.45) is 0 Å². The van der Waals surface area contributed by atoms with Gasteiger partial charge in [-0.1, -0.05) is 5.57 Å². The molecule has 0 aliphatic heterocycles. The van der Waals surface area contributed by atoms with Crippen LogP contribution in [0.25, 0.3) is 5.57 Å². The Labute approximate surface area is 105 Å². The highest BCUT2D eigenvalue weighted by molar-refractivity contribution is 7.10. The number of hydrogen-bond donors (Lipinski definition) is 0. The fraction of sp³-hybridized carbons (Fsp3) is 0.286. The molecule has 1 aliphatic carbocycles. The molecule has 1 aromatic rings. The van der Waals surface area contributed by atoms with E-state index in [0.717, 1.165) is 27.2 Å². The van der Waals surface area contributed by atoms with Gasteiger partial charge in [0.2, 0.25) is 0 Å². The van der Waals surface area contributed by atoms with Crippen LogP contribution in [0.15, 0.2) is 22.1 Å². The van der Waals surface area contributed by atoms with Crippen molar-refractivity contribution in [1.82, 2.24) is 0 Å². The molecule has 2 rings (SSSR count). The van der Waals surface area contributed by atoms with E-state index in [4.69, 9.17) is 5.26 Å². The van der Waals surface area contributed by atoms with Crippen LogP contribution in [-0.2, 0) is 0 Å². The third-order valence-electron chi connectivity index (χ3n) is 2.99. The van der Waals surface area contributed by atoms with Gasteiger partial charge < -0.3 is 0 Å². The predicted octanol–water partition coefficient (Wildman–Crippen LogP) is 3.89. The second-order valence-corrected chi connectivity index (χ2v) is 5.48. The molecule has 0 radical (unpaired) electrons. The number of hydrogen-bond acceptors (Lipinski definition) is 3. The molecule has 0 atom stereocenters. The van der Waals surface area contributed by atoms with Crippen LogP contribution in [0.5, 0.6) is 0 Å². The lowest BCUT2D eigenvalue weighted by atomic mass is 9.97. The predicted molar refractivity (Wildman–Crippen MR) is 70.0 cm³/mol. The number of ketones is 1. The van der Waals surface area contributed by atoms with Crippen molar-refractivity contribution in [1.29, 1.82) is 5.26 Å². The molecule has 86 valence electrons. The van der Waals surface area contributed by atoms with Crippen LogP contribution in [0.3, 0.4) is 0 Å². The van der Waals surface area contributed by atoms with Gasteiger partial charge in [0.1, 0.15) is 0 Å². The van der Waals surface area contributed by atoms with E-state index in [1.54, 1.807) is 18.3 Å². The van der Waals surface area contributed by atoms with Crippen molar-refractivity contribution in [2.45, 2.75) is 27.7 Å². The fourth-order valence-corrected chi connectivity index (χ4v) is 3.06. The lowest BCUT2D eigenvalue weighted by molar-refractivity contribution is 0.104. The number of carbonyl (C=O) groups excluding carboxylic acids is 1. The monoisotopic (exact) mass is 243 g/mol. The first-order valence-corrected chi connectivity index (χ1v) is 6.29. The summed E-state index contributed by atoms with van der Waals surface area (Å²) in [5.41, 5.74) is 4.87. The van der Waals surface area contributed by atoms with Gasteiger partial charge in [-0.2, -0.15) is 5.26 Å². The molecule has 0 amide bonds. The van der Waals surface area contributed by atoms with Gasteiger partial charge in [-0.15, -0.1) is 11.3 Å². The molecular formula is C14H13NOS. The van der Waals surface area contributed by atoms with Crippen molar-refractivity contribution in [3.8, 4) is 6.07 Å². The molecule has 0 bridgehead atoms. The van der Waals surface area contributed by atoms with E-state index in [1.807, 2.05) is 26.2 Å². The zero-order chi connectivity index (χ0) is 12.7. The zero-order valence-electron chi connectivity index (χ0n) is 10.3. The minimum Gasteiger partial charge on any atom is -0.289 e. The van der Waals surface area contributed by atoms with Crippen molar-refractivity contribution in [3.63, 3.8) is 0 Å². The second kappa shape index (κ2) is 3.97. The van der Waals surface area contributed by atoms with Gasteiger partial charge in [-0.25, -0.2) is 0 Å². The molecular weight excluding hydrogens is 230 g/mol. The van der Waals surface area contributed by atoms with E-state index >= 15 is 0 Å². The first kappa shape index (κ1) is 11.8. The Morgan fingerprint density at radius 2 is 1.94 bits per heavy atom. The normalized spacial score (nSPS) is 16.9. The quantitative estimate of drug-likeness (QED) is 0.512. The summed E-state index contributed by atoms with van der Waals surface area (Å²) in [5, 5.41) is 11.0.